The molecular weight excluding hydrogens is 244 g/mol. The van der Waals surface area contributed by atoms with Crippen molar-refractivity contribution >= 4 is 5.69 Å². The van der Waals surface area contributed by atoms with Gasteiger partial charge in [-0.15, -0.1) is 0 Å². The molecule has 0 N–H and O–H groups in total. The minimum atomic E-state index is 0.119. The zero-order valence-corrected chi connectivity index (χ0v) is 12.9. The minimum Gasteiger partial charge on any atom is -0.238 e. The van der Waals surface area contributed by atoms with Crippen molar-refractivity contribution < 1.29 is 4.57 Å². The fraction of sp³-hybridized carbons (Fsp3) is 0.333. The summed E-state index contributed by atoms with van der Waals surface area (Å²) in [7, 11) is 2.05. The summed E-state index contributed by atoms with van der Waals surface area (Å²) in [5, 5.41) is 0. The molecule has 2 aromatic rings. The van der Waals surface area contributed by atoms with Crippen LogP contribution in [0.25, 0.3) is 16.1 Å². The van der Waals surface area contributed by atoms with Gasteiger partial charge in [-0.3, -0.25) is 0 Å². The maximum Gasteiger partial charge on any atom is 0.211 e. The predicted octanol–water partition coefficient (Wildman–Crippen LogP) is 4.33. The zero-order chi connectivity index (χ0) is 14.9. The molecule has 102 valence electrons. The van der Waals surface area contributed by atoms with Crippen LogP contribution in [0.4, 0.5) is 5.69 Å². The number of hydrogen-bond acceptors (Lipinski definition) is 0. The Hall–Kier alpha value is -2.14. The van der Waals surface area contributed by atoms with E-state index in [1.165, 1.54) is 11.1 Å². The summed E-state index contributed by atoms with van der Waals surface area (Å²) in [6.07, 6.45) is 2.10. The Morgan fingerprint density at radius 2 is 1.80 bits per heavy atom. The third kappa shape index (κ3) is 2.72. The van der Waals surface area contributed by atoms with Gasteiger partial charge in [0.25, 0.3) is 0 Å². The van der Waals surface area contributed by atoms with Gasteiger partial charge >= 0.3 is 0 Å². The fourth-order valence-corrected chi connectivity index (χ4v) is 2.26. The van der Waals surface area contributed by atoms with Gasteiger partial charge in [-0.1, -0.05) is 32.9 Å². The van der Waals surface area contributed by atoms with Gasteiger partial charge in [0.2, 0.25) is 5.69 Å². The topological polar surface area (TPSA) is 8.24 Å². The second-order valence-corrected chi connectivity index (χ2v) is 6.27. The van der Waals surface area contributed by atoms with Crippen molar-refractivity contribution in [3.8, 4) is 11.3 Å². The van der Waals surface area contributed by atoms with Crippen molar-refractivity contribution in [3.63, 3.8) is 0 Å². The summed E-state index contributed by atoms with van der Waals surface area (Å²) in [5.41, 5.74) is 5.59. The molecule has 0 saturated carbocycles. The normalized spacial score (nSPS) is 11.2. The van der Waals surface area contributed by atoms with Crippen molar-refractivity contribution in [1.82, 2.24) is 0 Å². The molecule has 0 fully saturated rings. The van der Waals surface area contributed by atoms with E-state index in [4.69, 9.17) is 6.57 Å². The molecule has 1 aromatic heterocycles. The Bertz CT molecular complexity index is 686. The van der Waals surface area contributed by atoms with E-state index in [2.05, 4.69) is 55.4 Å². The largest absolute Gasteiger partial charge is 0.238 e. The molecule has 0 bridgehead atoms. The lowest BCUT2D eigenvalue weighted by Gasteiger charge is -2.19. The molecule has 0 aliphatic carbocycles. The molecule has 1 heterocycles. The molecule has 0 aliphatic rings. The maximum absolute atomic E-state index is 7.19. The van der Waals surface area contributed by atoms with Crippen LogP contribution in [0.15, 0.2) is 36.5 Å². The molecule has 0 amide bonds. The summed E-state index contributed by atoms with van der Waals surface area (Å²) in [4.78, 5) is 3.54. The molecule has 2 rings (SSSR count). The smallest absolute Gasteiger partial charge is 0.211 e. The van der Waals surface area contributed by atoms with E-state index in [0.717, 1.165) is 11.3 Å². The van der Waals surface area contributed by atoms with Crippen molar-refractivity contribution in [2.75, 3.05) is 0 Å². The van der Waals surface area contributed by atoms with Crippen molar-refractivity contribution in [2.45, 2.75) is 33.1 Å². The van der Waals surface area contributed by atoms with Gasteiger partial charge in [0.05, 0.1) is 6.57 Å². The minimum absolute atomic E-state index is 0.119. The number of hydrogen-bond donors (Lipinski definition) is 0. The lowest BCUT2D eigenvalue weighted by molar-refractivity contribution is -0.660. The Labute approximate surface area is 121 Å². The second kappa shape index (κ2) is 5.09. The first-order chi connectivity index (χ1) is 9.32. The van der Waals surface area contributed by atoms with Crippen LogP contribution < -0.4 is 4.57 Å². The van der Waals surface area contributed by atoms with Crippen LogP contribution in [-0.2, 0) is 12.5 Å². The molecule has 2 nitrogen and oxygen atoms in total. The number of benzene rings is 1. The van der Waals surface area contributed by atoms with Gasteiger partial charge in [-0.25, -0.2) is 9.41 Å². The number of aryl methyl sites for hydroxylation is 2. The quantitative estimate of drug-likeness (QED) is 0.535. The molecule has 0 atom stereocenters. The van der Waals surface area contributed by atoms with E-state index < -0.39 is 0 Å². The highest BCUT2D eigenvalue weighted by Gasteiger charge is 2.20. The molecule has 0 spiro atoms. The van der Waals surface area contributed by atoms with Crippen LogP contribution in [0.2, 0.25) is 0 Å². The Kier molecular flexibility index (Phi) is 3.63. The SMILES string of the molecule is [C-]#[N+]c1ccc(C)c(-c2cc(C(C)(C)C)cc[n+]2C)c1. The van der Waals surface area contributed by atoms with Crippen molar-refractivity contribution in [3.05, 3.63) is 59.1 Å². The van der Waals surface area contributed by atoms with E-state index in [-0.39, 0.29) is 5.41 Å². The third-order valence-corrected chi connectivity index (χ3v) is 3.64. The van der Waals surface area contributed by atoms with Gasteiger partial charge in [0.15, 0.2) is 11.9 Å². The average Bonchev–Trinajstić information content (AvgIpc) is 2.39. The summed E-state index contributed by atoms with van der Waals surface area (Å²) < 4.78 is 2.12. The summed E-state index contributed by atoms with van der Waals surface area (Å²) in [6.45, 7) is 15.9. The van der Waals surface area contributed by atoms with Crippen molar-refractivity contribution in [1.29, 1.82) is 0 Å². The summed E-state index contributed by atoms with van der Waals surface area (Å²) in [6, 6.07) is 10.3. The second-order valence-electron chi connectivity index (χ2n) is 6.27. The van der Waals surface area contributed by atoms with E-state index in [1.807, 2.05) is 25.2 Å². The van der Waals surface area contributed by atoms with Crippen LogP contribution >= 0.6 is 0 Å². The molecule has 1 aromatic carbocycles. The molecule has 0 saturated heterocycles. The molecule has 0 radical (unpaired) electrons. The summed E-state index contributed by atoms with van der Waals surface area (Å²) in [5.74, 6) is 0. The highest BCUT2D eigenvalue weighted by Crippen LogP contribution is 2.29. The third-order valence-electron chi connectivity index (χ3n) is 3.64. The van der Waals surface area contributed by atoms with Gasteiger partial charge in [0.1, 0.15) is 7.05 Å². The molecule has 20 heavy (non-hydrogen) atoms. The highest BCUT2D eigenvalue weighted by atomic mass is 14.9. The highest BCUT2D eigenvalue weighted by molar-refractivity contribution is 5.67. The Morgan fingerprint density at radius 3 is 2.40 bits per heavy atom. The molecule has 2 heteroatoms. The van der Waals surface area contributed by atoms with E-state index in [0.29, 0.717) is 5.69 Å². The van der Waals surface area contributed by atoms with E-state index in [9.17, 15) is 0 Å². The van der Waals surface area contributed by atoms with Crippen LogP contribution in [0.1, 0.15) is 31.9 Å². The monoisotopic (exact) mass is 265 g/mol. The number of rotatable bonds is 1. The van der Waals surface area contributed by atoms with Gasteiger partial charge in [-0.05, 0) is 29.5 Å². The van der Waals surface area contributed by atoms with Gasteiger partial charge < -0.3 is 0 Å². The van der Waals surface area contributed by atoms with Crippen LogP contribution in [0, 0.1) is 13.5 Å². The standard InChI is InChI=1S/C18H21N2/c1-13-7-8-15(19-5)12-16(13)17-11-14(18(2,3)4)9-10-20(17)6/h7-12H,1-4,6H3/q+1. The lowest BCUT2D eigenvalue weighted by Crippen LogP contribution is -2.31. The van der Waals surface area contributed by atoms with E-state index >= 15 is 0 Å². The van der Waals surface area contributed by atoms with E-state index in [1.54, 1.807) is 0 Å². The average molecular weight is 265 g/mol. The number of nitrogens with zero attached hydrogens (tertiary/aromatic N) is 2. The van der Waals surface area contributed by atoms with Gasteiger partial charge in [-0.2, -0.15) is 0 Å². The number of aromatic nitrogens is 1. The first kappa shape index (κ1) is 14.3. The number of pyridine rings is 1. The predicted molar refractivity (Wildman–Crippen MR) is 82.8 cm³/mol. The molecular formula is C18H21N2+. The first-order valence-electron chi connectivity index (χ1n) is 6.81. The Morgan fingerprint density at radius 1 is 1.10 bits per heavy atom. The maximum atomic E-state index is 7.19. The fourth-order valence-electron chi connectivity index (χ4n) is 2.26. The lowest BCUT2D eigenvalue weighted by atomic mass is 9.86. The van der Waals surface area contributed by atoms with Crippen LogP contribution in [0.5, 0.6) is 0 Å². The Balaban J connectivity index is 2.67. The van der Waals surface area contributed by atoms with Gasteiger partial charge in [0, 0.05) is 17.7 Å². The summed E-state index contributed by atoms with van der Waals surface area (Å²) >= 11 is 0. The molecule has 0 unspecified atom stereocenters. The first-order valence-corrected chi connectivity index (χ1v) is 6.81. The van der Waals surface area contributed by atoms with Crippen LogP contribution in [0.3, 0.4) is 0 Å². The molecule has 0 aliphatic heterocycles. The van der Waals surface area contributed by atoms with Crippen molar-refractivity contribution in [2.24, 2.45) is 7.05 Å². The zero-order valence-electron chi connectivity index (χ0n) is 12.9. The van der Waals surface area contributed by atoms with Crippen LogP contribution in [-0.4, -0.2) is 0 Å².